The molecule has 4 aliphatic rings. The number of nitrogens with zero attached hydrogens (tertiary/aromatic N) is 2. The summed E-state index contributed by atoms with van der Waals surface area (Å²) < 4.78 is 0. The van der Waals surface area contributed by atoms with Crippen LogP contribution in [0.1, 0.15) is 33.7 Å². The Kier molecular flexibility index (Phi) is 4.79. The van der Waals surface area contributed by atoms with Crippen LogP contribution in [-0.2, 0) is 15.0 Å². The zero-order chi connectivity index (χ0) is 25.3. The van der Waals surface area contributed by atoms with Gasteiger partial charge in [0.1, 0.15) is 0 Å². The molecule has 0 aromatic heterocycles. The topological polar surface area (TPSA) is 49.7 Å². The van der Waals surface area contributed by atoms with E-state index < -0.39 is 17.3 Å². The second kappa shape index (κ2) is 7.99. The van der Waals surface area contributed by atoms with Crippen LogP contribution in [0.15, 0.2) is 102 Å². The molecule has 1 fully saturated rings. The van der Waals surface area contributed by atoms with Gasteiger partial charge in [0.15, 0.2) is 0 Å². The molecule has 1 saturated heterocycles. The number of hydrogen-bond acceptors (Lipinski definition) is 3. The molecule has 0 radical (unpaired) electrons. The summed E-state index contributed by atoms with van der Waals surface area (Å²) in [7, 11) is 0. The molecule has 1 aliphatic heterocycles. The SMILES string of the molecule is Cc1cccc(N=CC23c4ccccc4C(c4ccccc42)[C@H]2C(=O)N(c4ccccc4Cl)C(=O)[C@@H]23)c1. The van der Waals surface area contributed by atoms with Crippen molar-refractivity contribution in [2.45, 2.75) is 18.3 Å². The standard InChI is InChI=1S/C32H23ClN2O2/c1-19-9-8-10-20(17-19)34-18-32-23-13-4-2-11-21(23)27(22-12-3-5-14-24(22)32)28-29(32)31(37)35(30(28)36)26-16-7-6-15-25(26)33/h2-18,27-29H,1H3/t27?,28-,29-,32?/m1/s1. The van der Waals surface area contributed by atoms with Gasteiger partial charge in [-0.05, 0) is 59.0 Å². The molecule has 4 aromatic rings. The van der Waals surface area contributed by atoms with Crippen molar-refractivity contribution >= 4 is 41.0 Å². The molecule has 180 valence electrons. The summed E-state index contributed by atoms with van der Waals surface area (Å²) in [4.78, 5) is 34.8. The molecule has 3 aliphatic carbocycles. The van der Waals surface area contributed by atoms with E-state index in [1.807, 2.05) is 61.7 Å². The second-order valence-corrected chi connectivity index (χ2v) is 10.5. The Labute approximate surface area is 220 Å². The Morgan fingerprint density at radius 1 is 0.811 bits per heavy atom. The molecule has 1 heterocycles. The van der Waals surface area contributed by atoms with E-state index in [0.29, 0.717) is 10.7 Å². The predicted molar refractivity (Wildman–Crippen MR) is 146 cm³/mol. The minimum absolute atomic E-state index is 0.203. The monoisotopic (exact) mass is 502 g/mol. The van der Waals surface area contributed by atoms with Gasteiger partial charge in [-0.2, -0.15) is 0 Å². The molecular formula is C32H23ClN2O2. The number of halogens is 1. The van der Waals surface area contributed by atoms with Gasteiger partial charge in [0.05, 0.1) is 33.6 Å². The number of aryl methyl sites for hydroxylation is 1. The van der Waals surface area contributed by atoms with Crippen LogP contribution in [0.5, 0.6) is 0 Å². The van der Waals surface area contributed by atoms with Crippen molar-refractivity contribution < 1.29 is 9.59 Å². The molecule has 5 heteroatoms. The number of rotatable bonds is 3. The molecule has 0 N–H and O–H groups in total. The van der Waals surface area contributed by atoms with E-state index in [9.17, 15) is 9.59 Å². The van der Waals surface area contributed by atoms with E-state index in [1.54, 1.807) is 24.3 Å². The third kappa shape index (κ3) is 2.93. The van der Waals surface area contributed by atoms with Crippen LogP contribution in [0.4, 0.5) is 11.4 Å². The first-order valence-corrected chi connectivity index (χ1v) is 12.8. The third-order valence-corrected chi connectivity index (χ3v) is 8.52. The van der Waals surface area contributed by atoms with Gasteiger partial charge < -0.3 is 0 Å². The molecule has 2 amide bonds. The van der Waals surface area contributed by atoms with Gasteiger partial charge in [0.2, 0.25) is 11.8 Å². The first-order valence-electron chi connectivity index (χ1n) is 12.5. The summed E-state index contributed by atoms with van der Waals surface area (Å²) in [5, 5.41) is 0.382. The summed E-state index contributed by atoms with van der Waals surface area (Å²) in [6.07, 6.45) is 1.92. The minimum atomic E-state index is -0.890. The van der Waals surface area contributed by atoms with Crippen molar-refractivity contribution in [1.82, 2.24) is 0 Å². The van der Waals surface area contributed by atoms with Crippen LogP contribution in [0.25, 0.3) is 0 Å². The van der Waals surface area contributed by atoms with Crippen LogP contribution >= 0.6 is 11.6 Å². The number of para-hydroxylation sites is 1. The second-order valence-electron chi connectivity index (χ2n) is 10.1. The van der Waals surface area contributed by atoms with Gasteiger partial charge >= 0.3 is 0 Å². The largest absolute Gasteiger partial charge is 0.274 e. The van der Waals surface area contributed by atoms with E-state index in [1.165, 1.54) is 4.90 Å². The van der Waals surface area contributed by atoms with Crippen molar-refractivity contribution in [3.63, 3.8) is 0 Å². The average Bonchev–Trinajstić information content (AvgIpc) is 3.19. The first-order chi connectivity index (χ1) is 18.0. The van der Waals surface area contributed by atoms with E-state index in [2.05, 4.69) is 24.3 Å². The molecule has 0 saturated carbocycles. The highest BCUT2D eigenvalue weighted by Gasteiger charge is 2.68. The zero-order valence-electron chi connectivity index (χ0n) is 20.1. The number of hydrogen-bond donors (Lipinski definition) is 0. The molecule has 0 unspecified atom stereocenters. The molecule has 37 heavy (non-hydrogen) atoms. The highest BCUT2D eigenvalue weighted by Crippen LogP contribution is 2.64. The fraction of sp³-hybridized carbons (Fsp3) is 0.156. The third-order valence-electron chi connectivity index (χ3n) is 8.20. The number of imide groups is 1. The van der Waals surface area contributed by atoms with E-state index in [4.69, 9.17) is 16.6 Å². The zero-order valence-corrected chi connectivity index (χ0v) is 20.9. The molecule has 8 rings (SSSR count). The lowest BCUT2D eigenvalue weighted by molar-refractivity contribution is -0.122. The summed E-state index contributed by atoms with van der Waals surface area (Å²) in [5.74, 6) is -1.81. The summed E-state index contributed by atoms with van der Waals surface area (Å²) in [5.41, 5.74) is 5.71. The number of benzene rings is 4. The summed E-state index contributed by atoms with van der Waals surface area (Å²) in [6.45, 7) is 2.03. The average molecular weight is 503 g/mol. The number of amides is 2. The fourth-order valence-corrected chi connectivity index (χ4v) is 7.03. The van der Waals surface area contributed by atoms with Gasteiger partial charge in [-0.3, -0.25) is 14.6 Å². The molecule has 2 bridgehead atoms. The number of aliphatic imine (C=N–C) groups is 1. The normalized spacial score (nSPS) is 25.4. The van der Waals surface area contributed by atoms with E-state index in [-0.39, 0.29) is 17.7 Å². The van der Waals surface area contributed by atoms with Crippen molar-refractivity contribution in [1.29, 1.82) is 0 Å². The summed E-state index contributed by atoms with van der Waals surface area (Å²) >= 11 is 6.52. The Morgan fingerprint density at radius 2 is 1.46 bits per heavy atom. The highest BCUT2D eigenvalue weighted by atomic mass is 35.5. The lowest BCUT2D eigenvalue weighted by Crippen LogP contribution is -2.54. The van der Waals surface area contributed by atoms with Crippen LogP contribution < -0.4 is 4.90 Å². The number of carbonyl (C=O) groups excluding carboxylic acids is 2. The first kappa shape index (κ1) is 22.2. The molecule has 4 nitrogen and oxygen atoms in total. The lowest BCUT2D eigenvalue weighted by Gasteiger charge is -2.52. The maximum Gasteiger partial charge on any atom is 0.239 e. The van der Waals surface area contributed by atoms with Gasteiger partial charge in [0.25, 0.3) is 0 Å². The Hall–Kier alpha value is -4.02. The maximum atomic E-state index is 14.4. The van der Waals surface area contributed by atoms with Crippen LogP contribution in [0.2, 0.25) is 5.02 Å². The van der Waals surface area contributed by atoms with Gasteiger partial charge in [-0.25, -0.2) is 4.90 Å². The van der Waals surface area contributed by atoms with Gasteiger partial charge in [-0.15, -0.1) is 0 Å². The van der Waals surface area contributed by atoms with Gasteiger partial charge in [0, 0.05) is 12.1 Å². The van der Waals surface area contributed by atoms with Crippen molar-refractivity contribution in [2.24, 2.45) is 16.8 Å². The smallest absolute Gasteiger partial charge is 0.239 e. The van der Waals surface area contributed by atoms with Gasteiger partial charge in [-0.1, -0.05) is 84.4 Å². The molecule has 2 atom stereocenters. The lowest BCUT2D eigenvalue weighted by atomic mass is 9.47. The Balaban J connectivity index is 1.52. The molecular weight excluding hydrogens is 480 g/mol. The maximum absolute atomic E-state index is 14.4. The van der Waals surface area contributed by atoms with E-state index >= 15 is 0 Å². The van der Waals surface area contributed by atoms with Crippen LogP contribution in [0.3, 0.4) is 0 Å². The predicted octanol–water partition coefficient (Wildman–Crippen LogP) is 6.60. The van der Waals surface area contributed by atoms with Crippen LogP contribution in [-0.4, -0.2) is 18.0 Å². The quantitative estimate of drug-likeness (QED) is 0.234. The Morgan fingerprint density at radius 3 is 2.14 bits per heavy atom. The number of carbonyl (C=O) groups is 2. The fourth-order valence-electron chi connectivity index (χ4n) is 6.80. The van der Waals surface area contributed by atoms with Crippen molar-refractivity contribution in [2.75, 3.05) is 4.90 Å². The highest BCUT2D eigenvalue weighted by molar-refractivity contribution is 6.36. The van der Waals surface area contributed by atoms with Crippen molar-refractivity contribution in [3.8, 4) is 0 Å². The number of anilines is 1. The van der Waals surface area contributed by atoms with Crippen molar-refractivity contribution in [3.05, 3.63) is 130 Å². The van der Waals surface area contributed by atoms with E-state index in [0.717, 1.165) is 33.5 Å². The minimum Gasteiger partial charge on any atom is -0.274 e. The molecule has 4 aromatic carbocycles. The Bertz CT molecular complexity index is 1590. The molecule has 0 spiro atoms. The van der Waals surface area contributed by atoms with Crippen LogP contribution in [0, 0.1) is 18.8 Å². The summed E-state index contributed by atoms with van der Waals surface area (Å²) in [6, 6.07) is 31.5.